The first-order valence-electron chi connectivity index (χ1n) is 16.7. The minimum absolute atomic E-state index is 0.908. The molecular weight excluding hydrogens is 593 g/mol. The summed E-state index contributed by atoms with van der Waals surface area (Å²) in [7, 11) is 0. The maximum absolute atomic E-state index is 6.24. The summed E-state index contributed by atoms with van der Waals surface area (Å²) in [5, 5.41) is 2.29. The molecule has 1 heterocycles. The molecule has 0 spiro atoms. The van der Waals surface area contributed by atoms with Crippen LogP contribution in [0.1, 0.15) is 0 Å². The predicted octanol–water partition coefficient (Wildman–Crippen LogP) is 13.6. The minimum atomic E-state index is 0.908. The van der Waals surface area contributed by atoms with Crippen molar-refractivity contribution in [2.45, 2.75) is 0 Å². The quantitative estimate of drug-likeness (QED) is 0.179. The molecule has 0 bridgehead atoms. The van der Waals surface area contributed by atoms with Crippen molar-refractivity contribution < 1.29 is 4.42 Å². The Morgan fingerprint density at radius 3 is 1.16 bits per heavy atom. The van der Waals surface area contributed by atoms with Crippen molar-refractivity contribution in [3.05, 3.63) is 194 Å². The van der Waals surface area contributed by atoms with Gasteiger partial charge in [0.05, 0.1) is 0 Å². The molecule has 0 radical (unpaired) electrons. The number of hydrogen-bond acceptors (Lipinski definition) is 1. The van der Waals surface area contributed by atoms with Gasteiger partial charge in [-0.2, -0.15) is 0 Å². The molecule has 9 aromatic rings. The van der Waals surface area contributed by atoms with Crippen LogP contribution in [0.5, 0.6) is 0 Å². The van der Waals surface area contributed by atoms with Gasteiger partial charge >= 0.3 is 0 Å². The summed E-state index contributed by atoms with van der Waals surface area (Å²) in [5.74, 6) is 0. The van der Waals surface area contributed by atoms with E-state index in [0.717, 1.165) is 33.1 Å². The summed E-state index contributed by atoms with van der Waals surface area (Å²) >= 11 is 0. The molecule has 0 saturated heterocycles. The second kappa shape index (κ2) is 12.3. The van der Waals surface area contributed by atoms with Crippen LogP contribution in [0.25, 0.3) is 88.7 Å². The number of para-hydroxylation sites is 1. The summed E-state index contributed by atoms with van der Waals surface area (Å²) in [6, 6.07) is 69.6. The third-order valence-corrected chi connectivity index (χ3v) is 9.47. The van der Waals surface area contributed by atoms with Crippen molar-refractivity contribution in [3.63, 3.8) is 0 Å². The van der Waals surface area contributed by atoms with E-state index in [4.69, 9.17) is 4.42 Å². The highest BCUT2D eigenvalue weighted by molar-refractivity contribution is 6.06. The van der Waals surface area contributed by atoms with Crippen LogP contribution in [0.3, 0.4) is 0 Å². The maximum Gasteiger partial charge on any atom is 0.136 e. The molecule has 9 rings (SSSR count). The van der Waals surface area contributed by atoms with Crippen molar-refractivity contribution in [1.82, 2.24) is 0 Å². The predicted molar refractivity (Wildman–Crippen MR) is 206 cm³/mol. The Morgan fingerprint density at radius 2 is 0.551 bits per heavy atom. The summed E-state index contributed by atoms with van der Waals surface area (Å²) in [6.45, 7) is 0. The van der Waals surface area contributed by atoms with E-state index < -0.39 is 0 Å². The fourth-order valence-corrected chi connectivity index (χ4v) is 6.91. The van der Waals surface area contributed by atoms with Crippen LogP contribution in [0.15, 0.2) is 199 Å². The van der Waals surface area contributed by atoms with Crippen molar-refractivity contribution >= 4 is 21.9 Å². The lowest BCUT2D eigenvalue weighted by atomic mass is 9.90. The Bertz CT molecular complexity index is 2570. The maximum atomic E-state index is 6.24. The molecule has 0 atom stereocenters. The van der Waals surface area contributed by atoms with E-state index in [1.54, 1.807) is 0 Å². The topological polar surface area (TPSA) is 13.1 Å². The molecule has 0 amide bonds. The molecule has 1 heteroatoms. The largest absolute Gasteiger partial charge is 0.456 e. The van der Waals surface area contributed by atoms with E-state index in [1.165, 1.54) is 55.6 Å². The molecule has 0 aliphatic heterocycles. The van der Waals surface area contributed by atoms with Crippen LogP contribution in [0.2, 0.25) is 0 Å². The monoisotopic (exact) mass is 624 g/mol. The SMILES string of the molecule is c1ccc(-c2ccc(-c3cc(-c4cccc(-c5ccccc5)c4)cc(-c4cccc(-c5ccc6c(c5)oc5ccccc56)c4)c3)cc2)cc1. The molecule has 1 nitrogen and oxygen atoms in total. The molecule has 8 aromatic carbocycles. The van der Waals surface area contributed by atoms with Crippen LogP contribution >= 0.6 is 0 Å². The molecule has 49 heavy (non-hydrogen) atoms. The molecule has 0 aliphatic rings. The lowest BCUT2D eigenvalue weighted by Crippen LogP contribution is -1.88. The van der Waals surface area contributed by atoms with Gasteiger partial charge in [-0.1, -0.05) is 146 Å². The van der Waals surface area contributed by atoms with Crippen LogP contribution in [-0.2, 0) is 0 Å². The molecule has 230 valence electrons. The average Bonchev–Trinajstić information content (AvgIpc) is 3.57. The van der Waals surface area contributed by atoms with Gasteiger partial charge < -0.3 is 4.42 Å². The lowest BCUT2D eigenvalue weighted by Gasteiger charge is -2.14. The lowest BCUT2D eigenvalue weighted by molar-refractivity contribution is 0.669. The van der Waals surface area contributed by atoms with Gasteiger partial charge in [-0.15, -0.1) is 0 Å². The van der Waals surface area contributed by atoms with E-state index in [-0.39, 0.29) is 0 Å². The first-order chi connectivity index (χ1) is 24.2. The zero-order valence-electron chi connectivity index (χ0n) is 26.9. The molecule has 0 unspecified atom stereocenters. The van der Waals surface area contributed by atoms with Crippen molar-refractivity contribution in [2.24, 2.45) is 0 Å². The van der Waals surface area contributed by atoms with E-state index in [9.17, 15) is 0 Å². The Kier molecular flexibility index (Phi) is 7.22. The minimum Gasteiger partial charge on any atom is -0.456 e. The zero-order valence-corrected chi connectivity index (χ0v) is 26.9. The summed E-state index contributed by atoms with van der Waals surface area (Å²) in [5.41, 5.74) is 16.1. The summed E-state index contributed by atoms with van der Waals surface area (Å²) < 4.78 is 6.24. The zero-order chi connectivity index (χ0) is 32.6. The van der Waals surface area contributed by atoms with Gasteiger partial charge in [-0.05, 0) is 115 Å². The van der Waals surface area contributed by atoms with Crippen LogP contribution in [0.4, 0.5) is 0 Å². The van der Waals surface area contributed by atoms with E-state index in [0.29, 0.717) is 0 Å². The first kappa shape index (κ1) is 28.8. The molecule has 0 N–H and O–H groups in total. The van der Waals surface area contributed by atoms with Gasteiger partial charge in [-0.25, -0.2) is 0 Å². The number of benzene rings is 8. The van der Waals surface area contributed by atoms with E-state index in [2.05, 4.69) is 182 Å². The Balaban J connectivity index is 1.15. The third kappa shape index (κ3) is 5.62. The van der Waals surface area contributed by atoms with Crippen molar-refractivity contribution in [2.75, 3.05) is 0 Å². The highest BCUT2D eigenvalue weighted by atomic mass is 16.3. The molecule has 0 saturated carbocycles. The summed E-state index contributed by atoms with van der Waals surface area (Å²) in [6.07, 6.45) is 0. The standard InChI is InChI=1S/C48H32O/c1-3-11-33(12-4-1)35-21-23-36(24-22-35)42-29-43(39-17-9-15-37(27-39)34-13-5-2-6-14-34)31-44(30-42)40-18-10-16-38(28-40)41-25-26-46-45-19-7-8-20-47(45)49-48(46)32-41/h1-32H. The van der Waals surface area contributed by atoms with Crippen LogP contribution in [-0.4, -0.2) is 0 Å². The highest BCUT2D eigenvalue weighted by Crippen LogP contribution is 2.37. The summed E-state index contributed by atoms with van der Waals surface area (Å²) in [4.78, 5) is 0. The van der Waals surface area contributed by atoms with Gasteiger partial charge in [0.15, 0.2) is 0 Å². The number of hydrogen-bond donors (Lipinski definition) is 0. The fourth-order valence-electron chi connectivity index (χ4n) is 6.91. The number of rotatable bonds is 6. The Hall–Kier alpha value is -6.44. The van der Waals surface area contributed by atoms with E-state index in [1.807, 2.05) is 12.1 Å². The van der Waals surface area contributed by atoms with Gasteiger partial charge in [-0.3, -0.25) is 0 Å². The third-order valence-electron chi connectivity index (χ3n) is 9.47. The van der Waals surface area contributed by atoms with Gasteiger partial charge in [0.1, 0.15) is 11.2 Å². The van der Waals surface area contributed by atoms with E-state index >= 15 is 0 Å². The normalized spacial score (nSPS) is 11.3. The average molecular weight is 625 g/mol. The second-order valence-corrected chi connectivity index (χ2v) is 12.6. The van der Waals surface area contributed by atoms with Crippen LogP contribution in [0, 0.1) is 0 Å². The molecular formula is C48H32O. The fraction of sp³-hybridized carbons (Fsp3) is 0. The van der Waals surface area contributed by atoms with Gasteiger partial charge in [0.25, 0.3) is 0 Å². The highest BCUT2D eigenvalue weighted by Gasteiger charge is 2.12. The Labute approximate surface area is 286 Å². The molecule has 1 aromatic heterocycles. The number of furan rings is 1. The van der Waals surface area contributed by atoms with Crippen molar-refractivity contribution in [1.29, 1.82) is 0 Å². The molecule has 0 aliphatic carbocycles. The molecule has 0 fully saturated rings. The second-order valence-electron chi connectivity index (χ2n) is 12.6. The van der Waals surface area contributed by atoms with Gasteiger partial charge in [0.2, 0.25) is 0 Å². The smallest absolute Gasteiger partial charge is 0.136 e. The Morgan fingerprint density at radius 1 is 0.204 bits per heavy atom. The van der Waals surface area contributed by atoms with Crippen LogP contribution < -0.4 is 0 Å². The number of fused-ring (bicyclic) bond motifs is 3. The first-order valence-corrected chi connectivity index (χ1v) is 16.7. The van der Waals surface area contributed by atoms with Gasteiger partial charge in [0, 0.05) is 10.8 Å². The van der Waals surface area contributed by atoms with Crippen molar-refractivity contribution in [3.8, 4) is 66.8 Å².